The molecule has 0 heterocycles. The Hall–Kier alpha value is -0.820. The molecule has 0 bridgehead atoms. The molecule has 2 rings (SSSR count). The summed E-state index contributed by atoms with van der Waals surface area (Å²) in [6.45, 7) is 5.37. The molecule has 20 heavy (non-hydrogen) atoms. The molecule has 1 aromatic carbocycles. The van der Waals surface area contributed by atoms with E-state index in [1.54, 1.807) is 0 Å². The fraction of sp³-hybridized carbons (Fsp3) is 0.684. The Kier molecular flexibility index (Phi) is 5.65. The Bertz CT molecular complexity index is 385. The van der Waals surface area contributed by atoms with Crippen LogP contribution in [0.1, 0.15) is 63.5 Å². The minimum atomic E-state index is 0.373. The van der Waals surface area contributed by atoms with E-state index in [2.05, 4.69) is 38.1 Å². The third kappa shape index (κ3) is 3.85. The second-order valence-electron chi connectivity index (χ2n) is 6.78. The second-order valence-corrected chi connectivity index (χ2v) is 6.78. The van der Waals surface area contributed by atoms with E-state index < -0.39 is 0 Å². The molecule has 1 heteroatoms. The average Bonchev–Trinajstić information content (AvgIpc) is 2.50. The summed E-state index contributed by atoms with van der Waals surface area (Å²) in [5, 5.41) is 0. The minimum Gasteiger partial charge on any atom is -0.330 e. The number of rotatable bonds is 6. The normalized spacial score (nSPS) is 26.6. The Morgan fingerprint density at radius 2 is 1.65 bits per heavy atom. The summed E-state index contributed by atoms with van der Waals surface area (Å²) in [6.07, 6.45) is 10.5. The number of nitrogens with two attached hydrogens (primary N) is 1. The van der Waals surface area contributed by atoms with Gasteiger partial charge >= 0.3 is 0 Å². The summed E-state index contributed by atoms with van der Waals surface area (Å²) in [7, 11) is 0. The average molecular weight is 273 g/mol. The third-order valence-electron chi connectivity index (χ3n) is 5.31. The Morgan fingerprint density at radius 3 is 2.15 bits per heavy atom. The Balaban J connectivity index is 1.97. The van der Waals surface area contributed by atoms with Gasteiger partial charge in [-0.15, -0.1) is 0 Å². The molecule has 0 atom stereocenters. The second kappa shape index (κ2) is 7.26. The van der Waals surface area contributed by atoms with Crippen LogP contribution in [0.15, 0.2) is 24.3 Å². The lowest BCUT2D eigenvalue weighted by atomic mass is 9.67. The molecule has 0 radical (unpaired) electrons. The van der Waals surface area contributed by atoms with Crippen molar-refractivity contribution < 1.29 is 0 Å². The van der Waals surface area contributed by atoms with Gasteiger partial charge in [-0.2, -0.15) is 0 Å². The summed E-state index contributed by atoms with van der Waals surface area (Å²) in [4.78, 5) is 0. The topological polar surface area (TPSA) is 26.0 Å². The van der Waals surface area contributed by atoms with Crippen molar-refractivity contribution in [2.45, 2.75) is 65.2 Å². The van der Waals surface area contributed by atoms with E-state index in [0.29, 0.717) is 5.41 Å². The van der Waals surface area contributed by atoms with Gasteiger partial charge in [-0.1, -0.05) is 51.0 Å². The van der Waals surface area contributed by atoms with Gasteiger partial charge in [0.25, 0.3) is 0 Å². The maximum Gasteiger partial charge on any atom is -0.00173 e. The molecule has 0 aromatic heterocycles. The predicted octanol–water partition coefficient (Wildman–Crippen LogP) is 4.73. The molecule has 1 nitrogen and oxygen atoms in total. The maximum atomic E-state index is 6.16. The van der Waals surface area contributed by atoms with Gasteiger partial charge in [0.1, 0.15) is 0 Å². The molecule has 0 amide bonds. The molecule has 1 fully saturated rings. The number of hydrogen-bond donors (Lipinski definition) is 1. The van der Waals surface area contributed by atoms with Gasteiger partial charge in [0, 0.05) is 0 Å². The summed E-state index contributed by atoms with van der Waals surface area (Å²) >= 11 is 0. The zero-order chi connectivity index (χ0) is 14.4. The van der Waals surface area contributed by atoms with Gasteiger partial charge in [-0.25, -0.2) is 0 Å². The summed E-state index contributed by atoms with van der Waals surface area (Å²) in [5.74, 6) is 0.960. The highest BCUT2D eigenvalue weighted by Gasteiger charge is 2.33. The molecule has 1 aliphatic rings. The first-order valence-corrected chi connectivity index (χ1v) is 8.49. The van der Waals surface area contributed by atoms with Gasteiger partial charge in [0.15, 0.2) is 0 Å². The lowest BCUT2D eigenvalue weighted by Crippen LogP contribution is -2.36. The summed E-state index contributed by atoms with van der Waals surface area (Å²) in [5.41, 5.74) is 9.44. The molecule has 0 unspecified atom stereocenters. The fourth-order valence-electron chi connectivity index (χ4n) is 3.77. The standard InChI is InChI=1S/C19H31N/c1-3-5-17-10-12-19(15-20,13-11-17)14-18-8-6-16(4-2)7-9-18/h6-9,17H,3-5,10-15,20H2,1-2H3. The quantitative estimate of drug-likeness (QED) is 0.797. The lowest BCUT2D eigenvalue weighted by molar-refractivity contribution is 0.151. The van der Waals surface area contributed by atoms with Crippen LogP contribution < -0.4 is 5.73 Å². The van der Waals surface area contributed by atoms with Crippen LogP contribution in [0.5, 0.6) is 0 Å². The van der Waals surface area contributed by atoms with E-state index in [1.165, 1.54) is 56.1 Å². The molecule has 1 aromatic rings. The van der Waals surface area contributed by atoms with E-state index in [4.69, 9.17) is 5.73 Å². The van der Waals surface area contributed by atoms with Gasteiger partial charge in [0.2, 0.25) is 0 Å². The summed E-state index contributed by atoms with van der Waals surface area (Å²) < 4.78 is 0. The largest absolute Gasteiger partial charge is 0.330 e. The summed E-state index contributed by atoms with van der Waals surface area (Å²) in [6, 6.07) is 9.19. The van der Waals surface area contributed by atoms with Crippen LogP contribution in [0.2, 0.25) is 0 Å². The number of hydrogen-bond acceptors (Lipinski definition) is 1. The van der Waals surface area contributed by atoms with Crippen molar-refractivity contribution in [2.75, 3.05) is 6.54 Å². The first-order valence-electron chi connectivity index (χ1n) is 8.49. The minimum absolute atomic E-state index is 0.373. The predicted molar refractivity (Wildman–Crippen MR) is 87.9 cm³/mol. The molecule has 0 spiro atoms. The van der Waals surface area contributed by atoms with Gasteiger partial charge in [-0.3, -0.25) is 0 Å². The first-order chi connectivity index (χ1) is 9.71. The highest BCUT2D eigenvalue weighted by molar-refractivity contribution is 5.23. The van der Waals surface area contributed by atoms with E-state index in [1.807, 2.05) is 0 Å². The molecule has 1 aliphatic carbocycles. The molecular formula is C19H31N. The Morgan fingerprint density at radius 1 is 1.05 bits per heavy atom. The zero-order valence-electron chi connectivity index (χ0n) is 13.3. The first kappa shape index (κ1) is 15.6. The highest BCUT2D eigenvalue weighted by atomic mass is 14.6. The highest BCUT2D eigenvalue weighted by Crippen LogP contribution is 2.42. The van der Waals surface area contributed by atoms with Crippen molar-refractivity contribution >= 4 is 0 Å². The van der Waals surface area contributed by atoms with Crippen LogP contribution in [0.25, 0.3) is 0 Å². The molecular weight excluding hydrogens is 242 g/mol. The SMILES string of the molecule is CCCC1CCC(CN)(Cc2ccc(CC)cc2)CC1. The van der Waals surface area contributed by atoms with Gasteiger partial charge < -0.3 is 5.73 Å². The van der Waals surface area contributed by atoms with Crippen molar-refractivity contribution in [3.8, 4) is 0 Å². The van der Waals surface area contributed by atoms with Crippen LogP contribution in [0.4, 0.5) is 0 Å². The van der Waals surface area contributed by atoms with Gasteiger partial charge in [0.05, 0.1) is 0 Å². The number of benzene rings is 1. The fourth-order valence-corrected chi connectivity index (χ4v) is 3.77. The van der Waals surface area contributed by atoms with Gasteiger partial charge in [-0.05, 0) is 67.5 Å². The van der Waals surface area contributed by atoms with E-state index >= 15 is 0 Å². The molecule has 112 valence electrons. The van der Waals surface area contributed by atoms with Crippen molar-refractivity contribution in [2.24, 2.45) is 17.1 Å². The van der Waals surface area contributed by atoms with Crippen LogP contribution in [0, 0.1) is 11.3 Å². The number of aryl methyl sites for hydroxylation is 1. The van der Waals surface area contributed by atoms with E-state index in [0.717, 1.165) is 18.9 Å². The molecule has 0 aliphatic heterocycles. The van der Waals surface area contributed by atoms with Crippen molar-refractivity contribution in [3.63, 3.8) is 0 Å². The van der Waals surface area contributed by atoms with Crippen molar-refractivity contribution in [1.29, 1.82) is 0 Å². The van der Waals surface area contributed by atoms with E-state index in [9.17, 15) is 0 Å². The smallest absolute Gasteiger partial charge is 0.00173 e. The van der Waals surface area contributed by atoms with Crippen molar-refractivity contribution in [1.82, 2.24) is 0 Å². The zero-order valence-corrected chi connectivity index (χ0v) is 13.3. The third-order valence-corrected chi connectivity index (χ3v) is 5.31. The lowest BCUT2D eigenvalue weighted by Gasteiger charge is -2.40. The molecule has 1 saturated carbocycles. The van der Waals surface area contributed by atoms with Crippen molar-refractivity contribution in [3.05, 3.63) is 35.4 Å². The van der Waals surface area contributed by atoms with Crippen LogP contribution >= 0.6 is 0 Å². The van der Waals surface area contributed by atoms with Crippen LogP contribution in [0.3, 0.4) is 0 Å². The maximum absolute atomic E-state index is 6.16. The van der Waals surface area contributed by atoms with Crippen LogP contribution in [-0.4, -0.2) is 6.54 Å². The van der Waals surface area contributed by atoms with Crippen LogP contribution in [-0.2, 0) is 12.8 Å². The molecule has 2 N–H and O–H groups in total. The monoisotopic (exact) mass is 273 g/mol. The molecule has 0 saturated heterocycles. The Labute approximate surface area is 125 Å². The van der Waals surface area contributed by atoms with E-state index in [-0.39, 0.29) is 0 Å².